The van der Waals surface area contributed by atoms with Crippen LogP contribution in [0.4, 0.5) is 5.95 Å². The van der Waals surface area contributed by atoms with Gasteiger partial charge in [-0.25, -0.2) is 4.98 Å². The summed E-state index contributed by atoms with van der Waals surface area (Å²) in [4.78, 5) is 8.93. The van der Waals surface area contributed by atoms with E-state index in [1.54, 1.807) is 0 Å². The van der Waals surface area contributed by atoms with E-state index in [9.17, 15) is 0 Å². The SMILES string of the molecule is c1cnc2c(CCn3ccnc3NC3CC3)cccc2c1. The van der Waals surface area contributed by atoms with Crippen molar-refractivity contribution in [3.63, 3.8) is 0 Å². The number of hydrogen-bond acceptors (Lipinski definition) is 3. The molecule has 0 amide bonds. The maximum Gasteiger partial charge on any atom is 0.202 e. The van der Waals surface area contributed by atoms with Crippen molar-refractivity contribution in [2.75, 3.05) is 5.32 Å². The highest BCUT2D eigenvalue weighted by atomic mass is 15.2. The molecule has 0 saturated heterocycles. The van der Waals surface area contributed by atoms with Crippen LogP contribution >= 0.6 is 0 Å². The molecule has 1 N–H and O–H groups in total. The highest BCUT2D eigenvalue weighted by molar-refractivity contribution is 5.81. The zero-order chi connectivity index (χ0) is 14.1. The van der Waals surface area contributed by atoms with Crippen LogP contribution < -0.4 is 5.32 Å². The van der Waals surface area contributed by atoms with Crippen LogP contribution in [0, 0.1) is 0 Å². The van der Waals surface area contributed by atoms with Crippen molar-refractivity contribution in [3.05, 3.63) is 54.5 Å². The Labute approximate surface area is 123 Å². The Kier molecular flexibility index (Phi) is 3.07. The molecule has 1 aliphatic carbocycles. The number of pyridine rings is 1. The van der Waals surface area contributed by atoms with Crippen molar-refractivity contribution in [2.45, 2.75) is 31.8 Å². The monoisotopic (exact) mass is 278 g/mol. The van der Waals surface area contributed by atoms with Crippen molar-refractivity contribution in [1.82, 2.24) is 14.5 Å². The number of hydrogen-bond donors (Lipinski definition) is 1. The number of rotatable bonds is 5. The van der Waals surface area contributed by atoms with Crippen LogP contribution in [0.5, 0.6) is 0 Å². The minimum Gasteiger partial charge on any atom is -0.353 e. The molecule has 0 atom stereocenters. The minimum atomic E-state index is 0.630. The lowest BCUT2D eigenvalue weighted by Gasteiger charge is -2.10. The van der Waals surface area contributed by atoms with E-state index in [1.807, 2.05) is 24.7 Å². The summed E-state index contributed by atoms with van der Waals surface area (Å²) in [5.74, 6) is 0.991. The molecule has 106 valence electrons. The first-order chi connectivity index (χ1) is 10.4. The first-order valence-corrected chi connectivity index (χ1v) is 7.50. The van der Waals surface area contributed by atoms with Gasteiger partial charge >= 0.3 is 0 Å². The van der Waals surface area contributed by atoms with Crippen LogP contribution in [0.25, 0.3) is 10.9 Å². The zero-order valence-corrected chi connectivity index (χ0v) is 11.9. The second-order valence-electron chi connectivity index (χ2n) is 5.61. The number of nitrogens with one attached hydrogen (secondary N) is 1. The van der Waals surface area contributed by atoms with Gasteiger partial charge < -0.3 is 9.88 Å². The summed E-state index contributed by atoms with van der Waals surface area (Å²) >= 11 is 0. The molecule has 1 fully saturated rings. The predicted molar refractivity (Wildman–Crippen MR) is 84.3 cm³/mol. The molecule has 4 rings (SSSR count). The van der Waals surface area contributed by atoms with Gasteiger partial charge in [-0.3, -0.25) is 4.98 Å². The molecule has 0 spiro atoms. The maximum absolute atomic E-state index is 4.52. The Morgan fingerprint density at radius 1 is 1.10 bits per heavy atom. The first-order valence-electron chi connectivity index (χ1n) is 7.50. The van der Waals surface area contributed by atoms with Crippen molar-refractivity contribution in [2.24, 2.45) is 0 Å². The largest absolute Gasteiger partial charge is 0.353 e. The first kappa shape index (κ1) is 12.4. The van der Waals surface area contributed by atoms with Crippen LogP contribution in [0.2, 0.25) is 0 Å². The Hall–Kier alpha value is -2.36. The van der Waals surface area contributed by atoms with Crippen LogP contribution in [0.3, 0.4) is 0 Å². The number of para-hydroxylation sites is 1. The molecular weight excluding hydrogens is 260 g/mol. The molecule has 4 nitrogen and oxygen atoms in total. The molecular formula is C17H18N4. The maximum atomic E-state index is 4.52. The Morgan fingerprint density at radius 2 is 2.00 bits per heavy atom. The molecule has 2 aromatic heterocycles. The number of aromatic nitrogens is 3. The van der Waals surface area contributed by atoms with E-state index in [1.165, 1.54) is 23.8 Å². The average Bonchev–Trinajstić information content (AvgIpc) is 3.23. The standard InChI is InChI=1S/C17H18N4/c1-3-13-5-2-9-18-16(13)14(4-1)8-11-21-12-10-19-17(21)20-15-6-7-15/h1-5,9-10,12,15H,6-8,11H2,(H,19,20). The number of aryl methyl sites for hydroxylation is 2. The van der Waals surface area contributed by atoms with Gasteiger partial charge in [-0.2, -0.15) is 0 Å². The number of nitrogens with zero attached hydrogens (tertiary/aromatic N) is 3. The topological polar surface area (TPSA) is 42.7 Å². The molecule has 1 aliphatic rings. The third kappa shape index (κ3) is 2.61. The van der Waals surface area contributed by atoms with Gasteiger partial charge in [-0.1, -0.05) is 24.3 Å². The Balaban J connectivity index is 1.54. The van der Waals surface area contributed by atoms with Crippen LogP contribution in [-0.4, -0.2) is 20.6 Å². The van der Waals surface area contributed by atoms with Crippen molar-refractivity contribution in [3.8, 4) is 0 Å². The van der Waals surface area contributed by atoms with Gasteiger partial charge in [-0.05, 0) is 30.9 Å². The lowest BCUT2D eigenvalue weighted by Crippen LogP contribution is -2.10. The molecule has 0 bridgehead atoms. The quantitative estimate of drug-likeness (QED) is 0.779. The Bertz CT molecular complexity index is 753. The molecule has 0 aliphatic heterocycles. The number of imidazole rings is 1. The van der Waals surface area contributed by atoms with Crippen molar-refractivity contribution in [1.29, 1.82) is 0 Å². The third-order valence-electron chi connectivity index (χ3n) is 3.96. The van der Waals surface area contributed by atoms with Gasteiger partial charge in [0.1, 0.15) is 0 Å². The minimum absolute atomic E-state index is 0.630. The third-order valence-corrected chi connectivity index (χ3v) is 3.96. The van der Waals surface area contributed by atoms with Gasteiger partial charge in [0.25, 0.3) is 0 Å². The highest BCUT2D eigenvalue weighted by Crippen LogP contribution is 2.24. The second-order valence-corrected chi connectivity index (χ2v) is 5.61. The summed E-state index contributed by atoms with van der Waals surface area (Å²) in [6.45, 7) is 0.921. The van der Waals surface area contributed by atoms with Gasteiger partial charge in [0, 0.05) is 36.6 Å². The van der Waals surface area contributed by atoms with Gasteiger partial charge in [0.15, 0.2) is 0 Å². The Morgan fingerprint density at radius 3 is 2.90 bits per heavy atom. The second kappa shape index (κ2) is 5.20. The van der Waals surface area contributed by atoms with E-state index in [4.69, 9.17) is 0 Å². The predicted octanol–water partition coefficient (Wildman–Crippen LogP) is 3.25. The molecule has 2 heterocycles. The fraction of sp³-hybridized carbons (Fsp3) is 0.294. The van der Waals surface area contributed by atoms with E-state index in [0.717, 1.165) is 24.4 Å². The normalized spacial score (nSPS) is 14.5. The van der Waals surface area contributed by atoms with E-state index < -0.39 is 0 Å². The van der Waals surface area contributed by atoms with Crippen molar-refractivity contribution < 1.29 is 0 Å². The lowest BCUT2D eigenvalue weighted by atomic mass is 10.1. The molecule has 3 aromatic rings. The van der Waals surface area contributed by atoms with Gasteiger partial charge in [-0.15, -0.1) is 0 Å². The van der Waals surface area contributed by atoms with Gasteiger partial charge in [0.05, 0.1) is 5.52 Å². The number of benzene rings is 1. The van der Waals surface area contributed by atoms with Crippen LogP contribution in [-0.2, 0) is 13.0 Å². The van der Waals surface area contributed by atoms with E-state index in [0.29, 0.717) is 6.04 Å². The molecule has 1 saturated carbocycles. The number of anilines is 1. The fourth-order valence-corrected chi connectivity index (χ4v) is 2.65. The van der Waals surface area contributed by atoms with E-state index >= 15 is 0 Å². The summed E-state index contributed by atoms with van der Waals surface area (Å²) in [7, 11) is 0. The summed E-state index contributed by atoms with van der Waals surface area (Å²) in [6.07, 6.45) is 9.27. The molecule has 21 heavy (non-hydrogen) atoms. The van der Waals surface area contributed by atoms with Crippen LogP contribution in [0.15, 0.2) is 48.9 Å². The highest BCUT2D eigenvalue weighted by Gasteiger charge is 2.22. The molecule has 0 unspecified atom stereocenters. The summed E-state index contributed by atoms with van der Waals surface area (Å²) in [5.41, 5.74) is 2.40. The molecule has 4 heteroatoms. The smallest absolute Gasteiger partial charge is 0.202 e. The number of fused-ring (bicyclic) bond motifs is 1. The van der Waals surface area contributed by atoms with Crippen LogP contribution in [0.1, 0.15) is 18.4 Å². The zero-order valence-electron chi connectivity index (χ0n) is 11.9. The molecule has 1 aromatic carbocycles. The van der Waals surface area contributed by atoms with Gasteiger partial charge in [0.2, 0.25) is 5.95 Å². The van der Waals surface area contributed by atoms with E-state index in [-0.39, 0.29) is 0 Å². The van der Waals surface area contributed by atoms with Crippen molar-refractivity contribution >= 4 is 16.9 Å². The summed E-state index contributed by atoms with van der Waals surface area (Å²) in [6, 6.07) is 11.1. The lowest BCUT2D eigenvalue weighted by molar-refractivity contribution is 0.700. The summed E-state index contributed by atoms with van der Waals surface area (Å²) in [5, 5.41) is 4.68. The molecule has 0 radical (unpaired) electrons. The van der Waals surface area contributed by atoms with E-state index in [2.05, 4.69) is 44.1 Å². The summed E-state index contributed by atoms with van der Waals surface area (Å²) < 4.78 is 2.19. The fourth-order valence-electron chi connectivity index (χ4n) is 2.65. The average molecular weight is 278 g/mol.